The van der Waals surface area contributed by atoms with Gasteiger partial charge in [-0.25, -0.2) is 0 Å². The maximum atomic E-state index is 12.6. The van der Waals surface area contributed by atoms with Crippen molar-refractivity contribution in [1.82, 2.24) is 4.98 Å². The molecule has 116 valence electrons. The predicted octanol–water partition coefficient (Wildman–Crippen LogP) is 2.61. The highest BCUT2D eigenvalue weighted by atomic mass is 16.5. The molecular formula is C18H15NO4. The first-order chi connectivity index (χ1) is 11.2. The highest BCUT2D eigenvalue weighted by Crippen LogP contribution is 2.49. The van der Waals surface area contributed by atoms with E-state index in [2.05, 4.69) is 4.98 Å². The Bertz CT molecular complexity index is 990. The SMILES string of the molecule is COc1cccc2c1-c1[nH]c(=O)c3c(OC)cccc3c1C2O. The number of hydrogen-bond donors (Lipinski definition) is 2. The maximum absolute atomic E-state index is 12.6. The van der Waals surface area contributed by atoms with Crippen LogP contribution in [0.2, 0.25) is 0 Å². The number of aliphatic hydroxyl groups excluding tert-OH is 1. The average Bonchev–Trinajstić information content (AvgIpc) is 2.87. The number of ether oxygens (including phenoxy) is 2. The molecule has 1 aliphatic carbocycles. The van der Waals surface area contributed by atoms with Crippen LogP contribution in [0.3, 0.4) is 0 Å². The van der Waals surface area contributed by atoms with E-state index in [1.165, 1.54) is 7.11 Å². The number of pyridine rings is 1. The van der Waals surface area contributed by atoms with Gasteiger partial charge in [-0.2, -0.15) is 0 Å². The van der Waals surface area contributed by atoms with Gasteiger partial charge in [0.05, 0.1) is 25.3 Å². The van der Waals surface area contributed by atoms with E-state index >= 15 is 0 Å². The number of methoxy groups -OCH3 is 2. The van der Waals surface area contributed by atoms with Gasteiger partial charge in [0.1, 0.15) is 17.6 Å². The molecule has 1 unspecified atom stereocenters. The highest BCUT2D eigenvalue weighted by Gasteiger charge is 2.33. The van der Waals surface area contributed by atoms with Gasteiger partial charge in [-0.05, 0) is 23.1 Å². The molecule has 0 aliphatic heterocycles. The van der Waals surface area contributed by atoms with Gasteiger partial charge >= 0.3 is 0 Å². The molecule has 0 saturated carbocycles. The van der Waals surface area contributed by atoms with E-state index in [4.69, 9.17) is 9.47 Å². The number of fused-ring (bicyclic) bond motifs is 5. The van der Waals surface area contributed by atoms with Gasteiger partial charge in [-0.1, -0.05) is 24.3 Å². The fourth-order valence-electron chi connectivity index (χ4n) is 3.39. The Morgan fingerprint density at radius 3 is 2.48 bits per heavy atom. The van der Waals surface area contributed by atoms with Crippen molar-refractivity contribution in [2.45, 2.75) is 6.10 Å². The molecule has 0 radical (unpaired) electrons. The molecule has 0 bridgehead atoms. The van der Waals surface area contributed by atoms with Crippen molar-refractivity contribution in [2.75, 3.05) is 14.2 Å². The molecule has 2 N–H and O–H groups in total. The Morgan fingerprint density at radius 1 is 1.04 bits per heavy atom. The summed E-state index contributed by atoms with van der Waals surface area (Å²) in [5, 5.41) is 11.9. The Hall–Kier alpha value is -2.79. The molecule has 1 aromatic heterocycles. The molecule has 1 heterocycles. The monoisotopic (exact) mass is 309 g/mol. The predicted molar refractivity (Wildman–Crippen MR) is 87.2 cm³/mol. The second-order valence-corrected chi connectivity index (χ2v) is 5.45. The quantitative estimate of drug-likeness (QED) is 0.763. The molecule has 0 fully saturated rings. The molecule has 4 rings (SSSR count). The lowest BCUT2D eigenvalue weighted by atomic mass is 10.0. The lowest BCUT2D eigenvalue weighted by molar-refractivity contribution is 0.226. The summed E-state index contributed by atoms with van der Waals surface area (Å²) in [6, 6.07) is 10.9. The lowest BCUT2D eigenvalue weighted by Crippen LogP contribution is -2.11. The molecule has 5 nitrogen and oxygen atoms in total. The van der Waals surface area contributed by atoms with E-state index in [1.54, 1.807) is 13.2 Å². The minimum absolute atomic E-state index is 0.248. The van der Waals surface area contributed by atoms with Gasteiger partial charge in [-0.15, -0.1) is 0 Å². The molecular weight excluding hydrogens is 294 g/mol. The Balaban J connectivity index is 2.17. The van der Waals surface area contributed by atoms with Crippen LogP contribution < -0.4 is 15.0 Å². The van der Waals surface area contributed by atoms with E-state index < -0.39 is 6.10 Å². The first-order valence-corrected chi connectivity index (χ1v) is 7.25. The largest absolute Gasteiger partial charge is 0.496 e. The van der Waals surface area contributed by atoms with Crippen molar-refractivity contribution in [3.05, 3.63) is 57.9 Å². The molecule has 0 amide bonds. The minimum atomic E-state index is -0.818. The van der Waals surface area contributed by atoms with Crippen molar-refractivity contribution < 1.29 is 14.6 Å². The first kappa shape index (κ1) is 13.8. The zero-order valence-corrected chi connectivity index (χ0v) is 12.7. The number of aromatic amines is 1. The Labute approximate surface area is 132 Å². The van der Waals surface area contributed by atoms with Crippen LogP contribution in [0.15, 0.2) is 41.2 Å². The lowest BCUT2D eigenvalue weighted by Gasteiger charge is -2.11. The van der Waals surface area contributed by atoms with E-state index in [9.17, 15) is 9.90 Å². The molecule has 3 aromatic rings. The zero-order chi connectivity index (χ0) is 16.1. The van der Waals surface area contributed by atoms with Gasteiger partial charge in [0.2, 0.25) is 0 Å². The standard InChI is InChI=1S/C18H15NO4/c1-22-11-7-4-6-10-13(11)16-15(17(10)20)9-5-3-8-12(23-2)14(9)18(21)19-16/h3-8,17,20H,1-2H3,(H,19,21). The topological polar surface area (TPSA) is 71.6 Å². The summed E-state index contributed by atoms with van der Waals surface area (Å²) in [6.07, 6.45) is -0.818. The van der Waals surface area contributed by atoms with Crippen molar-refractivity contribution >= 4 is 10.8 Å². The normalized spacial score (nSPS) is 15.3. The molecule has 23 heavy (non-hydrogen) atoms. The molecule has 0 spiro atoms. The fraction of sp³-hybridized carbons (Fsp3) is 0.167. The van der Waals surface area contributed by atoms with E-state index in [1.807, 2.05) is 30.3 Å². The van der Waals surface area contributed by atoms with Crippen molar-refractivity contribution in [3.63, 3.8) is 0 Å². The molecule has 1 aliphatic rings. The highest BCUT2D eigenvalue weighted by molar-refractivity contribution is 5.97. The summed E-state index contributed by atoms with van der Waals surface area (Å²) in [6.45, 7) is 0. The third kappa shape index (κ3) is 1.74. The molecule has 1 atom stereocenters. The van der Waals surface area contributed by atoms with Gasteiger partial charge < -0.3 is 19.6 Å². The summed E-state index contributed by atoms with van der Waals surface area (Å²) in [4.78, 5) is 15.5. The van der Waals surface area contributed by atoms with Crippen LogP contribution >= 0.6 is 0 Å². The summed E-state index contributed by atoms with van der Waals surface area (Å²) in [7, 11) is 3.10. The summed E-state index contributed by atoms with van der Waals surface area (Å²) < 4.78 is 10.7. The summed E-state index contributed by atoms with van der Waals surface area (Å²) in [5.41, 5.74) is 2.50. The number of H-pyrrole nitrogens is 1. The molecule has 5 heteroatoms. The molecule has 0 saturated heterocycles. The first-order valence-electron chi connectivity index (χ1n) is 7.25. The minimum Gasteiger partial charge on any atom is -0.496 e. The number of hydrogen-bond acceptors (Lipinski definition) is 4. The molecule has 2 aromatic carbocycles. The van der Waals surface area contributed by atoms with Crippen molar-refractivity contribution in [2.24, 2.45) is 0 Å². The number of nitrogens with one attached hydrogen (secondary N) is 1. The van der Waals surface area contributed by atoms with Crippen LogP contribution in [0.1, 0.15) is 17.2 Å². The number of rotatable bonds is 2. The number of aromatic nitrogens is 1. The average molecular weight is 309 g/mol. The fourth-order valence-corrected chi connectivity index (χ4v) is 3.39. The van der Waals surface area contributed by atoms with Gasteiger partial charge in [0.25, 0.3) is 5.56 Å². The number of aliphatic hydroxyl groups is 1. The van der Waals surface area contributed by atoms with Crippen LogP contribution in [-0.4, -0.2) is 24.3 Å². The summed E-state index contributed by atoms with van der Waals surface area (Å²) >= 11 is 0. The Kier molecular flexibility index (Phi) is 2.92. The van der Waals surface area contributed by atoms with Crippen LogP contribution in [0.25, 0.3) is 22.0 Å². The van der Waals surface area contributed by atoms with Crippen LogP contribution in [0.4, 0.5) is 0 Å². The third-order valence-electron chi connectivity index (χ3n) is 4.37. The zero-order valence-electron chi connectivity index (χ0n) is 12.7. The van der Waals surface area contributed by atoms with E-state index in [-0.39, 0.29) is 5.56 Å². The van der Waals surface area contributed by atoms with E-state index in [0.717, 1.165) is 11.1 Å². The maximum Gasteiger partial charge on any atom is 0.260 e. The van der Waals surface area contributed by atoms with Crippen molar-refractivity contribution in [3.8, 4) is 22.8 Å². The number of benzene rings is 2. The summed E-state index contributed by atoms with van der Waals surface area (Å²) in [5.74, 6) is 1.11. The van der Waals surface area contributed by atoms with Gasteiger partial charge in [0, 0.05) is 11.1 Å². The Morgan fingerprint density at radius 2 is 1.74 bits per heavy atom. The van der Waals surface area contributed by atoms with Gasteiger partial charge in [-0.3, -0.25) is 4.79 Å². The van der Waals surface area contributed by atoms with E-state index in [0.29, 0.717) is 33.5 Å². The van der Waals surface area contributed by atoms with Gasteiger partial charge in [0.15, 0.2) is 0 Å². The van der Waals surface area contributed by atoms with Crippen LogP contribution in [0, 0.1) is 0 Å². The second-order valence-electron chi connectivity index (χ2n) is 5.45. The van der Waals surface area contributed by atoms with Crippen LogP contribution in [0.5, 0.6) is 11.5 Å². The third-order valence-corrected chi connectivity index (χ3v) is 4.37. The second kappa shape index (κ2) is 4.86. The smallest absolute Gasteiger partial charge is 0.260 e. The van der Waals surface area contributed by atoms with Crippen LogP contribution in [-0.2, 0) is 0 Å². The van der Waals surface area contributed by atoms with Crippen molar-refractivity contribution in [1.29, 1.82) is 0 Å².